The molecule has 64 heavy (non-hydrogen) atoms. The average molecular weight is 901 g/mol. The standard InChI is InChI=1S/C58H109NO5/c1-4-7-10-13-16-19-22-24-26-28-30-32-35-37-40-43-46-49-54(52-57(62)59-55(53-60)56(61)50-47-44-41-38-34-21-18-15-12-9-6-3)64-58(63)51-48-45-42-39-36-33-31-29-27-25-23-20-17-14-11-8-5-2/h17,20,24-27,54-56,60-61H,4-16,18-19,21-23,28-53H2,1-3H3,(H,59,62)/b20-17-,26-24+,27-25-. The summed E-state index contributed by atoms with van der Waals surface area (Å²) in [6, 6.07) is -0.702. The van der Waals surface area contributed by atoms with Gasteiger partial charge in [0.2, 0.25) is 5.91 Å². The van der Waals surface area contributed by atoms with Gasteiger partial charge in [-0.05, 0) is 83.5 Å². The third kappa shape index (κ3) is 46.6. The van der Waals surface area contributed by atoms with Crippen LogP contribution in [0.25, 0.3) is 0 Å². The molecule has 0 aromatic carbocycles. The van der Waals surface area contributed by atoms with Crippen LogP contribution in [0.2, 0.25) is 0 Å². The van der Waals surface area contributed by atoms with Crippen LogP contribution in [0.5, 0.6) is 0 Å². The monoisotopic (exact) mass is 900 g/mol. The summed E-state index contributed by atoms with van der Waals surface area (Å²) in [5.74, 6) is -0.474. The quantitative estimate of drug-likeness (QED) is 0.0321. The van der Waals surface area contributed by atoms with Crippen LogP contribution in [0.4, 0.5) is 0 Å². The summed E-state index contributed by atoms with van der Waals surface area (Å²) in [5, 5.41) is 23.8. The number of amides is 1. The van der Waals surface area contributed by atoms with Crippen LogP contribution in [0, 0.1) is 0 Å². The normalized spacial score (nSPS) is 13.4. The Labute approximate surface area is 398 Å². The average Bonchev–Trinajstić information content (AvgIpc) is 3.29. The lowest BCUT2D eigenvalue weighted by Crippen LogP contribution is -2.46. The molecular formula is C58H109NO5. The van der Waals surface area contributed by atoms with E-state index in [1.807, 2.05) is 0 Å². The van der Waals surface area contributed by atoms with Crippen molar-refractivity contribution in [2.24, 2.45) is 0 Å². The van der Waals surface area contributed by atoms with Crippen LogP contribution in [-0.2, 0) is 14.3 Å². The Morgan fingerprint density at radius 3 is 1.23 bits per heavy atom. The number of nitrogens with one attached hydrogen (secondary N) is 1. The largest absolute Gasteiger partial charge is 0.462 e. The molecule has 3 atom stereocenters. The van der Waals surface area contributed by atoms with Gasteiger partial charge in [-0.15, -0.1) is 0 Å². The van der Waals surface area contributed by atoms with E-state index in [-0.39, 0.29) is 24.9 Å². The Balaban J connectivity index is 4.57. The van der Waals surface area contributed by atoms with Crippen LogP contribution in [0.15, 0.2) is 36.5 Å². The van der Waals surface area contributed by atoms with Gasteiger partial charge in [-0.2, -0.15) is 0 Å². The predicted octanol–water partition coefficient (Wildman–Crippen LogP) is 17.2. The van der Waals surface area contributed by atoms with Gasteiger partial charge in [0.25, 0.3) is 0 Å². The van der Waals surface area contributed by atoms with E-state index in [1.165, 1.54) is 180 Å². The molecule has 0 aromatic rings. The van der Waals surface area contributed by atoms with Crippen LogP contribution in [0.3, 0.4) is 0 Å². The van der Waals surface area contributed by atoms with Gasteiger partial charge in [0, 0.05) is 6.42 Å². The van der Waals surface area contributed by atoms with Crippen molar-refractivity contribution in [3.05, 3.63) is 36.5 Å². The highest BCUT2D eigenvalue weighted by atomic mass is 16.5. The third-order valence-electron chi connectivity index (χ3n) is 12.9. The number of aliphatic hydroxyl groups is 2. The highest BCUT2D eigenvalue weighted by molar-refractivity contribution is 5.77. The summed E-state index contributed by atoms with van der Waals surface area (Å²) in [5.41, 5.74) is 0. The lowest BCUT2D eigenvalue weighted by Gasteiger charge is -2.24. The number of aliphatic hydroxyl groups excluding tert-OH is 2. The lowest BCUT2D eigenvalue weighted by molar-refractivity contribution is -0.151. The molecule has 0 aliphatic carbocycles. The summed E-state index contributed by atoms with van der Waals surface area (Å²) >= 11 is 0. The summed E-state index contributed by atoms with van der Waals surface area (Å²) in [4.78, 5) is 26.2. The number of ether oxygens (including phenoxy) is 1. The Kier molecular flexibility index (Phi) is 50.5. The van der Waals surface area contributed by atoms with E-state index >= 15 is 0 Å². The Morgan fingerprint density at radius 1 is 0.453 bits per heavy atom. The Bertz CT molecular complexity index is 1060. The number of rotatable bonds is 51. The van der Waals surface area contributed by atoms with E-state index in [1.54, 1.807) is 0 Å². The maximum absolute atomic E-state index is 13.2. The molecular weight excluding hydrogens is 791 g/mol. The number of carbonyl (C=O) groups excluding carboxylic acids is 2. The van der Waals surface area contributed by atoms with Crippen molar-refractivity contribution in [3.8, 4) is 0 Å². The number of unbranched alkanes of at least 4 members (excludes halogenated alkanes) is 33. The second-order valence-electron chi connectivity index (χ2n) is 19.3. The molecule has 6 heteroatoms. The van der Waals surface area contributed by atoms with Crippen molar-refractivity contribution in [3.63, 3.8) is 0 Å². The maximum Gasteiger partial charge on any atom is 0.306 e. The van der Waals surface area contributed by atoms with Gasteiger partial charge in [0.15, 0.2) is 0 Å². The fourth-order valence-electron chi connectivity index (χ4n) is 8.63. The highest BCUT2D eigenvalue weighted by Crippen LogP contribution is 2.18. The third-order valence-corrected chi connectivity index (χ3v) is 12.9. The Morgan fingerprint density at radius 2 is 0.797 bits per heavy atom. The number of hydrogen-bond acceptors (Lipinski definition) is 5. The smallest absolute Gasteiger partial charge is 0.306 e. The number of hydrogen-bond donors (Lipinski definition) is 3. The van der Waals surface area contributed by atoms with E-state index in [4.69, 9.17) is 4.74 Å². The van der Waals surface area contributed by atoms with Gasteiger partial charge in [-0.25, -0.2) is 0 Å². The molecule has 376 valence electrons. The fourth-order valence-corrected chi connectivity index (χ4v) is 8.63. The molecule has 1 amide bonds. The molecule has 3 unspecified atom stereocenters. The first-order chi connectivity index (χ1) is 31.5. The fraction of sp³-hybridized carbons (Fsp3) is 0.862. The lowest BCUT2D eigenvalue weighted by atomic mass is 10.0. The van der Waals surface area contributed by atoms with Crippen molar-refractivity contribution in [1.82, 2.24) is 5.32 Å². The van der Waals surface area contributed by atoms with Gasteiger partial charge < -0.3 is 20.3 Å². The topological polar surface area (TPSA) is 95.9 Å². The van der Waals surface area contributed by atoms with Crippen molar-refractivity contribution >= 4 is 11.9 Å². The summed E-state index contributed by atoms with van der Waals surface area (Å²) in [7, 11) is 0. The van der Waals surface area contributed by atoms with Crippen LogP contribution < -0.4 is 5.32 Å². The van der Waals surface area contributed by atoms with Crippen molar-refractivity contribution in [2.45, 2.75) is 315 Å². The molecule has 0 saturated heterocycles. The molecule has 0 saturated carbocycles. The van der Waals surface area contributed by atoms with E-state index in [0.717, 1.165) is 70.6 Å². The van der Waals surface area contributed by atoms with E-state index in [2.05, 4.69) is 62.5 Å². The van der Waals surface area contributed by atoms with Crippen molar-refractivity contribution in [1.29, 1.82) is 0 Å². The van der Waals surface area contributed by atoms with E-state index < -0.39 is 18.2 Å². The highest BCUT2D eigenvalue weighted by Gasteiger charge is 2.24. The molecule has 0 aliphatic rings. The van der Waals surface area contributed by atoms with Gasteiger partial charge in [-0.1, -0.05) is 237 Å². The molecule has 0 aliphatic heterocycles. The zero-order chi connectivity index (χ0) is 46.7. The van der Waals surface area contributed by atoms with Crippen molar-refractivity contribution < 1.29 is 24.5 Å². The number of allylic oxidation sites excluding steroid dienone is 6. The molecule has 0 aromatic heterocycles. The summed E-state index contributed by atoms with van der Waals surface area (Å²) < 4.78 is 5.96. The minimum absolute atomic E-state index is 0.0741. The van der Waals surface area contributed by atoms with Gasteiger partial charge in [-0.3, -0.25) is 9.59 Å². The van der Waals surface area contributed by atoms with Crippen LogP contribution in [-0.4, -0.2) is 46.9 Å². The predicted molar refractivity (Wildman–Crippen MR) is 278 cm³/mol. The zero-order valence-electron chi connectivity index (χ0n) is 42.9. The SMILES string of the molecule is CCCCC/C=C\C/C=C\CCCCCCCCCC(=O)OC(CCCCCCCCC/C=C/CCCCCCCC)CC(=O)NC(CO)C(O)CCCCCCCCCCCCC. The molecule has 0 fully saturated rings. The molecule has 0 heterocycles. The van der Waals surface area contributed by atoms with Crippen LogP contribution in [0.1, 0.15) is 297 Å². The molecule has 0 spiro atoms. The van der Waals surface area contributed by atoms with E-state index in [0.29, 0.717) is 19.3 Å². The number of esters is 1. The minimum atomic E-state index is -0.788. The molecule has 0 radical (unpaired) electrons. The first-order valence-corrected chi connectivity index (χ1v) is 28.2. The Hall–Kier alpha value is -1.92. The van der Waals surface area contributed by atoms with Gasteiger partial charge >= 0.3 is 5.97 Å². The molecule has 3 N–H and O–H groups in total. The zero-order valence-corrected chi connectivity index (χ0v) is 42.9. The maximum atomic E-state index is 13.2. The first-order valence-electron chi connectivity index (χ1n) is 28.2. The second-order valence-corrected chi connectivity index (χ2v) is 19.3. The summed E-state index contributed by atoms with van der Waals surface area (Å²) in [6.45, 7) is 6.47. The van der Waals surface area contributed by atoms with Crippen molar-refractivity contribution in [2.75, 3.05) is 6.61 Å². The first kappa shape index (κ1) is 62.1. The summed E-state index contributed by atoms with van der Waals surface area (Å²) in [6.07, 6.45) is 62.0. The van der Waals surface area contributed by atoms with E-state index in [9.17, 15) is 19.8 Å². The second kappa shape index (κ2) is 52.1. The molecule has 6 nitrogen and oxygen atoms in total. The number of carbonyl (C=O) groups is 2. The van der Waals surface area contributed by atoms with Gasteiger partial charge in [0.05, 0.1) is 25.2 Å². The molecule has 0 bridgehead atoms. The minimum Gasteiger partial charge on any atom is -0.462 e. The molecule has 0 rings (SSSR count). The van der Waals surface area contributed by atoms with Gasteiger partial charge in [0.1, 0.15) is 6.10 Å². The van der Waals surface area contributed by atoms with Crippen LogP contribution >= 0.6 is 0 Å².